The topological polar surface area (TPSA) is 37.8 Å². The van der Waals surface area contributed by atoms with Gasteiger partial charge >= 0.3 is 0 Å². The van der Waals surface area contributed by atoms with Gasteiger partial charge in [0.2, 0.25) is 5.28 Å². The van der Waals surface area contributed by atoms with Gasteiger partial charge in [-0.3, -0.25) is 0 Å². The van der Waals surface area contributed by atoms with E-state index >= 15 is 0 Å². The molecule has 0 fully saturated rings. The number of fused-ring (bicyclic) bond motifs is 1. The number of nitrogens with one attached hydrogen (secondary N) is 1. The Morgan fingerprint density at radius 1 is 1.40 bits per heavy atom. The first-order chi connectivity index (χ1) is 7.20. The van der Waals surface area contributed by atoms with E-state index in [-0.39, 0.29) is 5.28 Å². The fraction of sp³-hybridized carbons (Fsp3) is 0.182. The zero-order valence-electron chi connectivity index (χ0n) is 8.42. The van der Waals surface area contributed by atoms with Gasteiger partial charge in [-0.15, -0.1) is 0 Å². The van der Waals surface area contributed by atoms with E-state index in [1.165, 1.54) is 5.56 Å². The first kappa shape index (κ1) is 10.2. The maximum Gasteiger partial charge on any atom is 0.224 e. The van der Waals surface area contributed by atoms with Crippen LogP contribution < -0.4 is 5.32 Å². The molecule has 0 saturated carbocycles. The molecule has 1 N–H and O–H groups in total. The molecule has 0 aliphatic heterocycles. The fourth-order valence-corrected chi connectivity index (χ4v) is 1.64. The summed E-state index contributed by atoms with van der Waals surface area (Å²) in [5.41, 5.74) is 2.01. The van der Waals surface area contributed by atoms with E-state index in [9.17, 15) is 0 Å². The molecular weight excluding hydrogens is 210 g/mol. The highest BCUT2D eigenvalue weighted by Gasteiger charge is 2.05. The van der Waals surface area contributed by atoms with E-state index in [1.807, 2.05) is 25.1 Å². The van der Waals surface area contributed by atoms with Crippen LogP contribution in [0.3, 0.4) is 0 Å². The van der Waals surface area contributed by atoms with Crippen LogP contribution in [0, 0.1) is 13.8 Å². The van der Waals surface area contributed by atoms with E-state index in [4.69, 9.17) is 11.6 Å². The minimum atomic E-state index is 0.252. The molecule has 0 saturated heterocycles. The van der Waals surface area contributed by atoms with Crippen molar-refractivity contribution >= 4 is 28.3 Å². The predicted octanol–water partition coefficient (Wildman–Crippen LogP) is 2.84. The number of rotatable bonds is 2. The van der Waals surface area contributed by atoms with Crippen LogP contribution in [0.15, 0.2) is 18.2 Å². The van der Waals surface area contributed by atoms with E-state index < -0.39 is 0 Å². The largest absolute Gasteiger partial charge is 0.369 e. The summed E-state index contributed by atoms with van der Waals surface area (Å²) < 4.78 is 0. The molecule has 0 bridgehead atoms. The van der Waals surface area contributed by atoms with E-state index in [2.05, 4.69) is 22.2 Å². The molecule has 2 aromatic rings. The summed E-state index contributed by atoms with van der Waals surface area (Å²) in [6.07, 6.45) is 0. The zero-order valence-corrected chi connectivity index (χ0v) is 9.17. The van der Waals surface area contributed by atoms with Gasteiger partial charge in [0.1, 0.15) is 5.82 Å². The average molecular weight is 221 g/mol. The van der Waals surface area contributed by atoms with Gasteiger partial charge in [-0.1, -0.05) is 11.6 Å². The van der Waals surface area contributed by atoms with Crippen LogP contribution in [0.4, 0.5) is 5.82 Å². The van der Waals surface area contributed by atoms with Crippen LogP contribution in [0.1, 0.15) is 5.56 Å². The Labute approximate surface area is 93.5 Å². The Bertz CT molecular complexity index is 496. The van der Waals surface area contributed by atoms with Gasteiger partial charge in [0.15, 0.2) is 0 Å². The summed E-state index contributed by atoms with van der Waals surface area (Å²) in [5.74, 6) is 0.740. The van der Waals surface area contributed by atoms with Crippen LogP contribution in [-0.4, -0.2) is 16.5 Å². The number of halogens is 1. The van der Waals surface area contributed by atoms with Crippen molar-refractivity contribution in [1.29, 1.82) is 0 Å². The molecule has 1 radical (unpaired) electrons. The quantitative estimate of drug-likeness (QED) is 0.791. The lowest BCUT2D eigenvalue weighted by Gasteiger charge is -2.07. The summed E-state index contributed by atoms with van der Waals surface area (Å²) in [4.78, 5) is 8.29. The Morgan fingerprint density at radius 2 is 2.20 bits per heavy atom. The fourth-order valence-electron chi connectivity index (χ4n) is 1.47. The van der Waals surface area contributed by atoms with Crippen molar-refractivity contribution in [1.82, 2.24) is 9.97 Å². The van der Waals surface area contributed by atoms with Crippen molar-refractivity contribution in [3.05, 3.63) is 36.0 Å². The zero-order chi connectivity index (χ0) is 10.8. The summed E-state index contributed by atoms with van der Waals surface area (Å²) >= 11 is 5.82. The van der Waals surface area contributed by atoms with Crippen molar-refractivity contribution in [2.24, 2.45) is 0 Å². The second kappa shape index (κ2) is 4.03. The predicted molar refractivity (Wildman–Crippen MR) is 63.1 cm³/mol. The molecule has 1 aromatic carbocycles. The lowest BCUT2D eigenvalue weighted by molar-refractivity contribution is 1.18. The van der Waals surface area contributed by atoms with Gasteiger partial charge in [-0.2, -0.15) is 0 Å². The molecule has 0 amide bonds. The molecule has 4 heteroatoms. The molecule has 3 nitrogen and oxygen atoms in total. The third-order valence-corrected chi connectivity index (χ3v) is 2.29. The molecular formula is C11H11ClN3. The molecule has 0 aliphatic rings. The van der Waals surface area contributed by atoms with Crippen molar-refractivity contribution in [2.75, 3.05) is 11.9 Å². The smallest absolute Gasteiger partial charge is 0.224 e. The van der Waals surface area contributed by atoms with Gasteiger partial charge in [-0.05, 0) is 37.6 Å². The third-order valence-electron chi connectivity index (χ3n) is 2.12. The minimum absolute atomic E-state index is 0.252. The maximum absolute atomic E-state index is 5.82. The monoisotopic (exact) mass is 220 g/mol. The summed E-state index contributed by atoms with van der Waals surface area (Å²) in [6.45, 7) is 6.32. The number of benzene rings is 1. The lowest BCUT2D eigenvalue weighted by Crippen LogP contribution is -2.01. The van der Waals surface area contributed by atoms with Gasteiger partial charge in [0.25, 0.3) is 0 Å². The van der Waals surface area contributed by atoms with E-state index in [1.54, 1.807) is 0 Å². The Balaban J connectivity index is 2.70. The van der Waals surface area contributed by atoms with Crippen molar-refractivity contribution in [2.45, 2.75) is 6.92 Å². The minimum Gasteiger partial charge on any atom is -0.369 e. The van der Waals surface area contributed by atoms with Crippen molar-refractivity contribution in [3.63, 3.8) is 0 Å². The average Bonchev–Trinajstić information content (AvgIpc) is 2.19. The highest BCUT2D eigenvalue weighted by Crippen LogP contribution is 2.22. The molecule has 0 aliphatic carbocycles. The maximum atomic E-state index is 5.82. The molecule has 0 atom stereocenters. The van der Waals surface area contributed by atoms with Crippen molar-refractivity contribution in [3.8, 4) is 0 Å². The highest BCUT2D eigenvalue weighted by molar-refractivity contribution is 6.28. The molecule has 77 valence electrons. The van der Waals surface area contributed by atoms with Crippen LogP contribution in [-0.2, 0) is 0 Å². The van der Waals surface area contributed by atoms with E-state index in [0.29, 0.717) is 6.54 Å². The number of anilines is 1. The van der Waals surface area contributed by atoms with Gasteiger partial charge in [-0.25, -0.2) is 9.97 Å². The second-order valence-electron chi connectivity index (χ2n) is 3.29. The van der Waals surface area contributed by atoms with Crippen LogP contribution >= 0.6 is 11.6 Å². The number of hydrogen-bond donors (Lipinski definition) is 1. The normalized spacial score (nSPS) is 10.6. The molecule has 2 rings (SSSR count). The third kappa shape index (κ3) is 2.02. The Morgan fingerprint density at radius 3 is 2.93 bits per heavy atom. The van der Waals surface area contributed by atoms with Gasteiger partial charge in [0, 0.05) is 11.9 Å². The molecule has 0 unspecified atom stereocenters. The van der Waals surface area contributed by atoms with Crippen LogP contribution in [0.5, 0.6) is 0 Å². The van der Waals surface area contributed by atoms with E-state index in [0.717, 1.165) is 16.7 Å². The first-order valence-corrected chi connectivity index (χ1v) is 5.05. The number of nitrogens with zero attached hydrogens (tertiary/aromatic N) is 2. The molecule has 0 spiro atoms. The second-order valence-corrected chi connectivity index (χ2v) is 3.63. The summed E-state index contributed by atoms with van der Waals surface area (Å²) in [7, 11) is 0. The number of aryl methyl sites for hydroxylation is 1. The molecule has 1 heterocycles. The summed E-state index contributed by atoms with van der Waals surface area (Å²) in [6, 6.07) is 5.97. The lowest BCUT2D eigenvalue weighted by atomic mass is 10.1. The Kier molecular flexibility index (Phi) is 2.73. The Hall–Kier alpha value is -1.35. The number of hydrogen-bond acceptors (Lipinski definition) is 3. The molecule has 1 aromatic heterocycles. The van der Waals surface area contributed by atoms with Gasteiger partial charge in [0.05, 0.1) is 5.52 Å². The summed E-state index contributed by atoms with van der Waals surface area (Å²) in [5, 5.41) is 4.30. The highest BCUT2D eigenvalue weighted by atomic mass is 35.5. The first-order valence-electron chi connectivity index (χ1n) is 4.67. The molecule has 15 heavy (non-hydrogen) atoms. The van der Waals surface area contributed by atoms with Crippen LogP contribution in [0.25, 0.3) is 10.9 Å². The van der Waals surface area contributed by atoms with Gasteiger partial charge < -0.3 is 5.32 Å². The van der Waals surface area contributed by atoms with Crippen molar-refractivity contribution < 1.29 is 0 Å². The van der Waals surface area contributed by atoms with Crippen LogP contribution in [0.2, 0.25) is 5.28 Å². The SMILES string of the molecule is [CH2]CNc1nc(Cl)nc2ccc(C)cc12. The number of aromatic nitrogens is 2. The standard InChI is InChI=1S/C11H11ClN3/c1-3-13-10-8-6-7(2)4-5-9(8)14-11(12)15-10/h4-6H,1,3H2,2H3,(H,13,14,15).